The number of carboxylic acid groups (broad SMARTS) is 1. The number of aliphatic carboxylic acids is 1. The Kier molecular flexibility index (Phi) is 2.92. The van der Waals surface area contributed by atoms with Crippen LogP contribution in [-0.2, 0) is 17.6 Å². The lowest BCUT2D eigenvalue weighted by Gasteiger charge is -2.06. The van der Waals surface area contributed by atoms with Crippen LogP contribution in [0, 0.1) is 0 Å². The van der Waals surface area contributed by atoms with Crippen molar-refractivity contribution in [1.29, 1.82) is 0 Å². The molecule has 0 amide bonds. The summed E-state index contributed by atoms with van der Waals surface area (Å²) in [6, 6.07) is -0.837. The van der Waals surface area contributed by atoms with E-state index in [-0.39, 0.29) is 0 Å². The van der Waals surface area contributed by atoms with Crippen LogP contribution in [-0.4, -0.2) is 22.1 Å². The average Bonchev–Trinajstić information content (AvgIpc) is 2.50. The van der Waals surface area contributed by atoms with Crippen molar-refractivity contribution in [3.8, 4) is 0 Å². The lowest BCUT2D eigenvalue weighted by Crippen LogP contribution is -2.32. The van der Waals surface area contributed by atoms with Crippen LogP contribution in [0.1, 0.15) is 16.8 Å². The molecule has 84 valence electrons. The van der Waals surface area contributed by atoms with E-state index in [1.165, 1.54) is 0 Å². The van der Waals surface area contributed by atoms with Crippen LogP contribution in [0.4, 0.5) is 0 Å². The van der Waals surface area contributed by atoms with Crippen LogP contribution in [0.25, 0.3) is 6.08 Å². The van der Waals surface area contributed by atoms with Gasteiger partial charge in [0.25, 0.3) is 0 Å². The first-order valence-corrected chi connectivity index (χ1v) is 5.19. The molecule has 16 heavy (non-hydrogen) atoms. The third kappa shape index (κ3) is 2.06. The Hall–Kier alpha value is -1.81. The number of hydrogen-bond donors (Lipinski definition) is 3. The summed E-state index contributed by atoms with van der Waals surface area (Å²) in [5.41, 5.74) is 8.70. The summed E-state index contributed by atoms with van der Waals surface area (Å²) < 4.78 is 0. The van der Waals surface area contributed by atoms with E-state index in [0.717, 1.165) is 23.2 Å². The Labute approximate surface area is 93.5 Å². The molecule has 0 bridgehead atoms. The van der Waals surface area contributed by atoms with E-state index < -0.39 is 12.0 Å². The molecule has 0 saturated carbocycles. The highest BCUT2D eigenvalue weighted by Gasteiger charge is 2.16. The van der Waals surface area contributed by atoms with Gasteiger partial charge in [-0.3, -0.25) is 4.79 Å². The van der Waals surface area contributed by atoms with Gasteiger partial charge in [-0.1, -0.05) is 18.2 Å². The molecule has 1 aromatic rings. The maximum atomic E-state index is 10.7. The van der Waals surface area contributed by atoms with Crippen molar-refractivity contribution < 1.29 is 9.90 Å². The van der Waals surface area contributed by atoms with E-state index in [1.54, 1.807) is 0 Å². The Balaban J connectivity index is 2.23. The van der Waals surface area contributed by atoms with E-state index in [9.17, 15) is 4.79 Å². The first-order chi connectivity index (χ1) is 7.68. The number of nitrogens with one attached hydrogen (secondary N) is 1. The minimum Gasteiger partial charge on any atom is -0.480 e. The highest BCUT2D eigenvalue weighted by Crippen LogP contribution is 2.20. The number of nitrogens with two attached hydrogens (primary N) is 1. The minimum atomic E-state index is -0.963. The molecule has 4 N–H and O–H groups in total. The molecule has 2 rings (SSSR count). The van der Waals surface area contributed by atoms with Gasteiger partial charge in [-0.15, -0.1) is 0 Å². The van der Waals surface area contributed by atoms with Crippen molar-refractivity contribution in [2.24, 2.45) is 5.73 Å². The van der Waals surface area contributed by atoms with Crippen LogP contribution < -0.4 is 5.73 Å². The molecule has 1 aromatic heterocycles. The molecular weight excluding hydrogens is 204 g/mol. The van der Waals surface area contributed by atoms with Gasteiger partial charge in [-0.05, 0) is 23.6 Å². The van der Waals surface area contributed by atoms with E-state index in [4.69, 9.17) is 10.8 Å². The number of aromatic nitrogens is 1. The minimum absolute atomic E-state index is 0.364. The summed E-state index contributed by atoms with van der Waals surface area (Å²) in [5.74, 6) is -0.963. The number of rotatable bonds is 3. The van der Waals surface area contributed by atoms with Crippen molar-refractivity contribution in [2.75, 3.05) is 0 Å². The number of carboxylic acids is 1. The molecule has 0 fully saturated rings. The van der Waals surface area contributed by atoms with Crippen molar-refractivity contribution >= 4 is 12.0 Å². The molecule has 4 heteroatoms. The number of fused-ring (bicyclic) bond motifs is 1. The smallest absolute Gasteiger partial charge is 0.320 e. The molecule has 0 aromatic carbocycles. The number of aromatic amines is 1. The van der Waals surface area contributed by atoms with Gasteiger partial charge in [-0.2, -0.15) is 0 Å². The fraction of sp³-hybridized carbons (Fsp3) is 0.250. The zero-order chi connectivity index (χ0) is 11.5. The van der Waals surface area contributed by atoms with E-state index in [0.29, 0.717) is 6.42 Å². The second kappa shape index (κ2) is 4.37. The fourth-order valence-corrected chi connectivity index (χ4v) is 1.82. The Bertz CT molecular complexity index is 458. The molecule has 1 aliphatic carbocycles. The summed E-state index contributed by atoms with van der Waals surface area (Å²) in [4.78, 5) is 13.8. The summed E-state index contributed by atoms with van der Waals surface area (Å²) in [7, 11) is 0. The van der Waals surface area contributed by atoms with Crippen LogP contribution in [0.5, 0.6) is 0 Å². The van der Waals surface area contributed by atoms with Gasteiger partial charge >= 0.3 is 5.97 Å². The molecule has 0 radical (unpaired) electrons. The highest BCUT2D eigenvalue weighted by molar-refractivity contribution is 5.73. The van der Waals surface area contributed by atoms with Crippen LogP contribution in [0.15, 0.2) is 24.4 Å². The summed E-state index contributed by atoms with van der Waals surface area (Å²) in [5, 5.41) is 8.78. The number of allylic oxidation sites excluding steroid dienone is 3. The molecule has 1 atom stereocenters. The van der Waals surface area contributed by atoms with Crippen LogP contribution in [0.2, 0.25) is 0 Å². The first-order valence-electron chi connectivity index (χ1n) is 5.19. The molecule has 0 saturated heterocycles. The van der Waals surface area contributed by atoms with E-state index in [1.807, 2.05) is 30.5 Å². The number of carbonyl (C=O) groups is 1. The zero-order valence-corrected chi connectivity index (χ0v) is 8.81. The molecule has 1 unspecified atom stereocenters. The standard InChI is InChI=1S/C12H14N2O2/c13-10(12(15)16)6-8-7-14-11-5-3-1-2-4-9(8)11/h1-3,5,7,10,14H,4,6,13H2,(H,15,16). The van der Waals surface area contributed by atoms with Gasteiger partial charge in [0.15, 0.2) is 0 Å². The third-order valence-electron chi connectivity index (χ3n) is 2.70. The normalized spacial score (nSPS) is 15.6. The average molecular weight is 218 g/mol. The molecule has 4 nitrogen and oxygen atoms in total. The fourth-order valence-electron chi connectivity index (χ4n) is 1.82. The maximum Gasteiger partial charge on any atom is 0.320 e. The largest absolute Gasteiger partial charge is 0.480 e. The van der Waals surface area contributed by atoms with E-state index >= 15 is 0 Å². The zero-order valence-electron chi connectivity index (χ0n) is 8.81. The van der Waals surface area contributed by atoms with Gasteiger partial charge in [0.05, 0.1) is 0 Å². The lowest BCUT2D eigenvalue weighted by atomic mass is 10.0. The Morgan fingerprint density at radius 1 is 1.56 bits per heavy atom. The molecular formula is C12H14N2O2. The molecule has 0 spiro atoms. The third-order valence-corrected chi connectivity index (χ3v) is 2.70. The summed E-state index contributed by atoms with van der Waals surface area (Å²) in [6.45, 7) is 0. The highest BCUT2D eigenvalue weighted by atomic mass is 16.4. The first kappa shape index (κ1) is 10.7. The maximum absolute atomic E-state index is 10.7. The van der Waals surface area contributed by atoms with Gasteiger partial charge in [0.2, 0.25) is 0 Å². The lowest BCUT2D eigenvalue weighted by molar-refractivity contribution is -0.138. The van der Waals surface area contributed by atoms with Crippen molar-refractivity contribution in [3.05, 3.63) is 41.2 Å². The second-order valence-corrected chi connectivity index (χ2v) is 3.85. The summed E-state index contributed by atoms with van der Waals surface area (Å²) in [6.07, 6.45) is 11.0. The van der Waals surface area contributed by atoms with Crippen molar-refractivity contribution in [1.82, 2.24) is 4.98 Å². The molecule has 1 heterocycles. The molecule has 0 aliphatic heterocycles. The monoisotopic (exact) mass is 218 g/mol. The van der Waals surface area contributed by atoms with Crippen molar-refractivity contribution in [3.63, 3.8) is 0 Å². The van der Waals surface area contributed by atoms with Gasteiger partial charge < -0.3 is 15.8 Å². The Morgan fingerprint density at radius 3 is 3.12 bits per heavy atom. The predicted octanol–water partition coefficient (Wildman–Crippen LogP) is 1.09. The van der Waals surface area contributed by atoms with Gasteiger partial charge in [0.1, 0.15) is 6.04 Å². The predicted molar refractivity (Wildman–Crippen MR) is 62.0 cm³/mol. The van der Waals surface area contributed by atoms with Crippen LogP contribution >= 0.6 is 0 Å². The van der Waals surface area contributed by atoms with E-state index in [2.05, 4.69) is 4.98 Å². The topological polar surface area (TPSA) is 79.1 Å². The Morgan fingerprint density at radius 2 is 2.38 bits per heavy atom. The number of H-pyrrole nitrogens is 1. The molecule has 1 aliphatic rings. The second-order valence-electron chi connectivity index (χ2n) is 3.85. The quantitative estimate of drug-likeness (QED) is 0.710. The van der Waals surface area contributed by atoms with Gasteiger partial charge in [0, 0.05) is 18.3 Å². The van der Waals surface area contributed by atoms with Crippen LogP contribution in [0.3, 0.4) is 0 Å². The van der Waals surface area contributed by atoms with Gasteiger partial charge in [-0.25, -0.2) is 0 Å². The number of hydrogen-bond acceptors (Lipinski definition) is 2. The summed E-state index contributed by atoms with van der Waals surface area (Å²) >= 11 is 0. The SMILES string of the molecule is NC(Cc1c[nH]c2c1CC=CC=C2)C(=O)O. The van der Waals surface area contributed by atoms with Crippen molar-refractivity contribution in [2.45, 2.75) is 18.9 Å².